The second-order valence-electron chi connectivity index (χ2n) is 9.92. The van der Waals surface area contributed by atoms with E-state index >= 15 is 0 Å². The van der Waals surface area contributed by atoms with Crippen molar-refractivity contribution in [3.05, 3.63) is 140 Å². The van der Waals surface area contributed by atoms with Gasteiger partial charge in [0.1, 0.15) is 5.65 Å². The average molecular weight is 535 g/mol. The summed E-state index contributed by atoms with van der Waals surface area (Å²) in [5.41, 5.74) is 4.24. The lowest BCUT2D eigenvalue weighted by Crippen LogP contribution is -2.25. The lowest BCUT2D eigenvalue weighted by atomic mass is 9.99. The predicted octanol–water partition coefficient (Wildman–Crippen LogP) is 7.70. The van der Waals surface area contributed by atoms with Crippen LogP contribution in [-0.2, 0) is 11.8 Å². The molecule has 0 unspecified atom stereocenters. The third-order valence-corrected chi connectivity index (χ3v) is 12.7. The van der Waals surface area contributed by atoms with Crippen molar-refractivity contribution in [2.75, 3.05) is 0 Å². The van der Waals surface area contributed by atoms with Crippen molar-refractivity contribution < 1.29 is 0 Å². The third kappa shape index (κ3) is 3.21. The SMILES string of the molecule is S=P(c1ccccc1)(c1ccccc1)c1cc2ccccc2c2c1c1ccccc1n1c3ccccc3nc21. The molecule has 8 aromatic rings. The van der Waals surface area contributed by atoms with Crippen molar-refractivity contribution in [3.63, 3.8) is 0 Å². The number of pyridine rings is 1. The molecular formula is C35H23N2PS. The van der Waals surface area contributed by atoms with E-state index in [0.29, 0.717) is 0 Å². The molecule has 2 nitrogen and oxygen atoms in total. The number of hydrogen-bond acceptors (Lipinski definition) is 2. The number of aromatic nitrogens is 2. The first-order chi connectivity index (χ1) is 19.2. The fourth-order valence-corrected chi connectivity index (χ4v) is 10.2. The highest BCUT2D eigenvalue weighted by molar-refractivity contribution is 8.25. The fourth-order valence-electron chi connectivity index (χ4n) is 6.11. The van der Waals surface area contributed by atoms with Crippen LogP contribution in [0.15, 0.2) is 140 Å². The van der Waals surface area contributed by atoms with Gasteiger partial charge in [-0.25, -0.2) is 4.98 Å². The Balaban J connectivity index is 1.70. The number of rotatable bonds is 3. The van der Waals surface area contributed by atoms with Crippen LogP contribution in [0.1, 0.15) is 0 Å². The fraction of sp³-hybridized carbons (Fsp3) is 0. The third-order valence-electron chi connectivity index (χ3n) is 7.81. The van der Waals surface area contributed by atoms with E-state index in [1.165, 1.54) is 42.8 Å². The quantitative estimate of drug-likeness (QED) is 0.171. The predicted molar refractivity (Wildman–Crippen MR) is 171 cm³/mol. The van der Waals surface area contributed by atoms with E-state index in [-0.39, 0.29) is 0 Å². The van der Waals surface area contributed by atoms with Crippen LogP contribution in [0.4, 0.5) is 0 Å². The van der Waals surface area contributed by atoms with Crippen molar-refractivity contribution in [1.82, 2.24) is 9.38 Å². The van der Waals surface area contributed by atoms with E-state index in [1.54, 1.807) is 0 Å². The van der Waals surface area contributed by atoms with Crippen molar-refractivity contribution in [1.29, 1.82) is 0 Å². The zero-order valence-corrected chi connectivity index (χ0v) is 22.7. The van der Waals surface area contributed by atoms with Crippen LogP contribution in [0, 0.1) is 0 Å². The molecule has 6 aromatic carbocycles. The lowest BCUT2D eigenvalue weighted by Gasteiger charge is -2.27. The molecule has 0 saturated carbocycles. The molecule has 0 atom stereocenters. The first-order valence-corrected chi connectivity index (χ1v) is 15.9. The van der Waals surface area contributed by atoms with Gasteiger partial charge >= 0.3 is 0 Å². The molecule has 8 rings (SSSR count). The van der Waals surface area contributed by atoms with Crippen LogP contribution in [-0.4, -0.2) is 9.38 Å². The zero-order valence-electron chi connectivity index (χ0n) is 21.0. The maximum Gasteiger partial charge on any atom is 0.147 e. The Hall–Kier alpha value is -4.30. The monoisotopic (exact) mass is 534 g/mol. The standard InChI is InChI=1S/C35H23N2PS/c39-38(25-14-3-1-4-15-25,26-16-5-2-6-17-26)32-23-24-13-7-8-18-27(24)34-33(32)28-19-9-11-21-30(28)37-31-22-12-10-20-29(31)36-35(34)37/h1-23H. The van der Waals surface area contributed by atoms with Gasteiger partial charge in [0, 0.05) is 27.5 Å². The number of nitrogens with zero attached hydrogens (tertiary/aromatic N) is 2. The molecule has 0 aliphatic heterocycles. The maximum absolute atomic E-state index is 6.93. The first kappa shape index (κ1) is 22.7. The summed E-state index contributed by atoms with van der Waals surface area (Å²) in [6, 6.07) is 47.2. The van der Waals surface area contributed by atoms with Crippen molar-refractivity contribution >= 4 is 82.9 Å². The van der Waals surface area contributed by atoms with E-state index in [0.717, 1.165) is 22.2 Å². The molecule has 4 heteroatoms. The van der Waals surface area contributed by atoms with Crippen molar-refractivity contribution in [2.45, 2.75) is 0 Å². The van der Waals surface area contributed by atoms with Gasteiger partial charge in [0.05, 0.1) is 16.6 Å². The van der Waals surface area contributed by atoms with Crippen LogP contribution in [0.2, 0.25) is 0 Å². The molecule has 0 spiro atoms. The highest BCUT2D eigenvalue weighted by Crippen LogP contribution is 2.48. The molecule has 2 aromatic heterocycles. The van der Waals surface area contributed by atoms with Gasteiger partial charge in [-0.1, -0.05) is 127 Å². The maximum atomic E-state index is 6.93. The van der Waals surface area contributed by atoms with Crippen molar-refractivity contribution in [3.8, 4) is 0 Å². The van der Waals surface area contributed by atoms with E-state index in [1.807, 2.05) is 0 Å². The van der Waals surface area contributed by atoms with Crippen LogP contribution < -0.4 is 15.9 Å². The molecule has 2 heterocycles. The summed E-state index contributed by atoms with van der Waals surface area (Å²) in [6.45, 7) is 0. The Morgan fingerprint density at radius 3 is 1.82 bits per heavy atom. The zero-order chi connectivity index (χ0) is 26.0. The Bertz CT molecular complexity index is 2210. The number of hydrogen-bond donors (Lipinski definition) is 0. The molecule has 0 radical (unpaired) electrons. The highest BCUT2D eigenvalue weighted by Gasteiger charge is 2.29. The number of fused-ring (bicyclic) bond motifs is 10. The normalized spacial score (nSPS) is 12.2. The van der Waals surface area contributed by atoms with E-state index in [2.05, 4.69) is 144 Å². The molecule has 184 valence electrons. The second-order valence-corrected chi connectivity index (χ2v) is 14.3. The number of para-hydroxylation sites is 3. The summed E-state index contributed by atoms with van der Waals surface area (Å²) in [7, 11) is 0. The van der Waals surface area contributed by atoms with Gasteiger partial charge in [0.15, 0.2) is 0 Å². The first-order valence-electron chi connectivity index (χ1n) is 13.1. The topological polar surface area (TPSA) is 17.3 Å². The molecule has 39 heavy (non-hydrogen) atoms. The number of benzene rings is 6. The summed E-state index contributed by atoms with van der Waals surface area (Å²) in [4.78, 5) is 5.25. The minimum atomic E-state index is -2.45. The van der Waals surface area contributed by atoms with Gasteiger partial charge in [0.2, 0.25) is 0 Å². The Morgan fingerprint density at radius 2 is 1.10 bits per heavy atom. The molecule has 0 saturated heterocycles. The minimum absolute atomic E-state index is 0.977. The van der Waals surface area contributed by atoms with Gasteiger partial charge in [-0.2, -0.15) is 0 Å². The average Bonchev–Trinajstić information content (AvgIpc) is 3.41. The van der Waals surface area contributed by atoms with E-state index < -0.39 is 6.04 Å². The molecule has 0 amide bonds. The van der Waals surface area contributed by atoms with Crippen LogP contribution in [0.3, 0.4) is 0 Å². The van der Waals surface area contributed by atoms with Crippen LogP contribution >= 0.6 is 6.04 Å². The van der Waals surface area contributed by atoms with Gasteiger partial charge in [0.25, 0.3) is 0 Å². The number of imidazole rings is 1. The smallest absolute Gasteiger partial charge is 0.147 e. The van der Waals surface area contributed by atoms with Gasteiger partial charge in [-0.3, -0.25) is 4.40 Å². The van der Waals surface area contributed by atoms with Crippen LogP contribution in [0.25, 0.3) is 49.1 Å². The minimum Gasteiger partial charge on any atom is -0.292 e. The highest BCUT2D eigenvalue weighted by atomic mass is 32.4. The van der Waals surface area contributed by atoms with Gasteiger partial charge in [-0.15, -0.1) is 0 Å². The molecular weight excluding hydrogens is 511 g/mol. The molecule has 0 N–H and O–H groups in total. The van der Waals surface area contributed by atoms with E-state index in [4.69, 9.17) is 16.8 Å². The van der Waals surface area contributed by atoms with Crippen LogP contribution in [0.5, 0.6) is 0 Å². The molecule has 0 aliphatic carbocycles. The molecule has 0 aliphatic rings. The Morgan fingerprint density at radius 1 is 0.538 bits per heavy atom. The summed E-state index contributed by atoms with van der Waals surface area (Å²) >= 11 is 6.93. The lowest BCUT2D eigenvalue weighted by molar-refractivity contribution is 1.32. The van der Waals surface area contributed by atoms with Gasteiger partial charge < -0.3 is 0 Å². The Kier molecular flexibility index (Phi) is 5.00. The molecule has 0 bridgehead atoms. The van der Waals surface area contributed by atoms with E-state index in [9.17, 15) is 0 Å². The van der Waals surface area contributed by atoms with Gasteiger partial charge in [-0.05, 0) is 45.6 Å². The largest absolute Gasteiger partial charge is 0.292 e. The van der Waals surface area contributed by atoms with Crippen molar-refractivity contribution in [2.24, 2.45) is 0 Å². The summed E-state index contributed by atoms with van der Waals surface area (Å²) in [6.07, 6.45) is 0. The Labute approximate surface area is 231 Å². The summed E-state index contributed by atoms with van der Waals surface area (Å²) in [5.74, 6) is 0. The molecule has 0 fully saturated rings. The summed E-state index contributed by atoms with van der Waals surface area (Å²) < 4.78 is 2.33. The second kappa shape index (κ2) is 8.61. The summed E-state index contributed by atoms with van der Waals surface area (Å²) in [5, 5.41) is 9.57.